The van der Waals surface area contributed by atoms with Crippen molar-refractivity contribution < 1.29 is 4.79 Å². The molecular formula is C14H20N4O. The van der Waals surface area contributed by atoms with Crippen LogP contribution < -0.4 is 10.6 Å². The first kappa shape index (κ1) is 13.5. The number of nitrogens with one attached hydrogen (secondary N) is 3. The summed E-state index contributed by atoms with van der Waals surface area (Å²) < 4.78 is 0. The monoisotopic (exact) mass is 260 g/mol. The van der Waals surface area contributed by atoms with Crippen LogP contribution in [0.15, 0.2) is 24.4 Å². The van der Waals surface area contributed by atoms with Gasteiger partial charge in [-0.1, -0.05) is 0 Å². The second-order valence-corrected chi connectivity index (χ2v) is 5.65. The molecule has 102 valence electrons. The number of benzene rings is 1. The van der Waals surface area contributed by atoms with Crippen molar-refractivity contribution in [3.63, 3.8) is 0 Å². The van der Waals surface area contributed by atoms with Gasteiger partial charge in [0.15, 0.2) is 0 Å². The van der Waals surface area contributed by atoms with E-state index in [2.05, 4.69) is 41.6 Å². The van der Waals surface area contributed by atoms with Crippen LogP contribution in [-0.2, 0) is 4.79 Å². The Morgan fingerprint density at radius 3 is 2.89 bits per heavy atom. The Kier molecular flexibility index (Phi) is 3.85. The molecule has 0 fully saturated rings. The SMILES string of the molecule is CC(C)(C)NCCC(=O)Nc1ccc2[nH]ncc2c1. The number of rotatable bonds is 4. The summed E-state index contributed by atoms with van der Waals surface area (Å²) in [4.78, 5) is 11.8. The Labute approximate surface area is 112 Å². The Bertz CT molecular complexity index is 568. The van der Waals surface area contributed by atoms with Gasteiger partial charge in [0, 0.05) is 29.6 Å². The molecule has 5 nitrogen and oxygen atoms in total. The molecule has 1 aromatic heterocycles. The molecule has 0 unspecified atom stereocenters. The topological polar surface area (TPSA) is 69.8 Å². The molecular weight excluding hydrogens is 240 g/mol. The molecule has 0 bridgehead atoms. The van der Waals surface area contributed by atoms with Gasteiger partial charge in [-0.3, -0.25) is 9.89 Å². The maximum absolute atomic E-state index is 11.8. The summed E-state index contributed by atoms with van der Waals surface area (Å²) in [6.07, 6.45) is 2.20. The molecule has 0 saturated heterocycles. The molecule has 1 heterocycles. The van der Waals surface area contributed by atoms with Crippen molar-refractivity contribution in [1.82, 2.24) is 15.5 Å². The molecule has 0 spiro atoms. The number of aromatic amines is 1. The highest BCUT2D eigenvalue weighted by molar-refractivity contribution is 5.93. The normalized spacial score (nSPS) is 11.7. The number of hydrogen-bond donors (Lipinski definition) is 3. The van der Waals surface area contributed by atoms with Crippen LogP contribution in [-0.4, -0.2) is 28.2 Å². The molecule has 0 aliphatic rings. The van der Waals surface area contributed by atoms with Crippen molar-refractivity contribution in [2.45, 2.75) is 32.7 Å². The second-order valence-electron chi connectivity index (χ2n) is 5.65. The number of fused-ring (bicyclic) bond motifs is 1. The van der Waals surface area contributed by atoms with Crippen molar-refractivity contribution in [3.8, 4) is 0 Å². The number of carbonyl (C=O) groups is 1. The van der Waals surface area contributed by atoms with Crippen molar-refractivity contribution >= 4 is 22.5 Å². The standard InChI is InChI=1S/C14H20N4O/c1-14(2,3)15-7-6-13(19)17-11-4-5-12-10(8-11)9-16-18-12/h4-5,8-9,15H,6-7H2,1-3H3,(H,16,18)(H,17,19). The third-order valence-corrected chi connectivity index (χ3v) is 2.73. The van der Waals surface area contributed by atoms with Crippen LogP contribution in [0.5, 0.6) is 0 Å². The lowest BCUT2D eigenvalue weighted by molar-refractivity contribution is -0.116. The van der Waals surface area contributed by atoms with E-state index in [1.807, 2.05) is 18.2 Å². The van der Waals surface area contributed by atoms with E-state index in [4.69, 9.17) is 0 Å². The van der Waals surface area contributed by atoms with Crippen molar-refractivity contribution in [2.24, 2.45) is 0 Å². The zero-order valence-electron chi connectivity index (χ0n) is 11.6. The van der Waals surface area contributed by atoms with Gasteiger partial charge in [0.1, 0.15) is 0 Å². The summed E-state index contributed by atoms with van der Waals surface area (Å²) >= 11 is 0. The Morgan fingerprint density at radius 2 is 2.16 bits per heavy atom. The fourth-order valence-corrected chi connectivity index (χ4v) is 1.79. The number of aromatic nitrogens is 2. The van der Waals surface area contributed by atoms with Crippen LogP contribution in [0.1, 0.15) is 27.2 Å². The molecule has 0 aliphatic heterocycles. The van der Waals surface area contributed by atoms with Gasteiger partial charge in [0.2, 0.25) is 5.91 Å². The smallest absolute Gasteiger partial charge is 0.225 e. The third kappa shape index (κ3) is 4.06. The average molecular weight is 260 g/mol. The highest BCUT2D eigenvalue weighted by Gasteiger charge is 2.09. The number of hydrogen-bond acceptors (Lipinski definition) is 3. The van der Waals surface area contributed by atoms with E-state index in [1.54, 1.807) is 6.20 Å². The second kappa shape index (κ2) is 5.40. The number of anilines is 1. The first-order valence-electron chi connectivity index (χ1n) is 6.42. The third-order valence-electron chi connectivity index (χ3n) is 2.73. The molecule has 1 aromatic carbocycles. The van der Waals surface area contributed by atoms with Gasteiger partial charge in [-0.2, -0.15) is 5.10 Å². The van der Waals surface area contributed by atoms with Gasteiger partial charge in [0.25, 0.3) is 0 Å². The van der Waals surface area contributed by atoms with E-state index in [-0.39, 0.29) is 11.4 Å². The Balaban J connectivity index is 1.88. The predicted molar refractivity (Wildman–Crippen MR) is 77.1 cm³/mol. The first-order valence-corrected chi connectivity index (χ1v) is 6.42. The number of H-pyrrole nitrogens is 1. The molecule has 1 amide bonds. The quantitative estimate of drug-likeness (QED) is 0.790. The lowest BCUT2D eigenvalue weighted by Crippen LogP contribution is -2.37. The van der Waals surface area contributed by atoms with Crippen LogP contribution in [0.25, 0.3) is 10.9 Å². The molecule has 5 heteroatoms. The number of nitrogens with zero attached hydrogens (tertiary/aromatic N) is 1. The van der Waals surface area contributed by atoms with Gasteiger partial charge in [-0.25, -0.2) is 0 Å². The largest absolute Gasteiger partial charge is 0.326 e. The van der Waals surface area contributed by atoms with Crippen LogP contribution in [0.2, 0.25) is 0 Å². The van der Waals surface area contributed by atoms with Crippen LogP contribution in [0.3, 0.4) is 0 Å². The first-order chi connectivity index (χ1) is 8.94. The summed E-state index contributed by atoms with van der Waals surface area (Å²) in [5.74, 6) is 0.0135. The molecule has 0 radical (unpaired) electrons. The maximum atomic E-state index is 11.8. The number of carbonyl (C=O) groups excluding carboxylic acids is 1. The summed E-state index contributed by atoms with van der Waals surface area (Å²) in [7, 11) is 0. The van der Waals surface area contributed by atoms with E-state index in [0.717, 1.165) is 16.6 Å². The van der Waals surface area contributed by atoms with E-state index >= 15 is 0 Å². The fourth-order valence-electron chi connectivity index (χ4n) is 1.79. The van der Waals surface area contributed by atoms with E-state index < -0.39 is 0 Å². The Hall–Kier alpha value is -1.88. The van der Waals surface area contributed by atoms with Crippen LogP contribution in [0, 0.1) is 0 Å². The van der Waals surface area contributed by atoms with Crippen LogP contribution in [0.4, 0.5) is 5.69 Å². The maximum Gasteiger partial charge on any atom is 0.225 e. The van der Waals surface area contributed by atoms with Crippen LogP contribution >= 0.6 is 0 Å². The van der Waals surface area contributed by atoms with Gasteiger partial charge in [-0.15, -0.1) is 0 Å². The fraction of sp³-hybridized carbons (Fsp3) is 0.429. The van der Waals surface area contributed by atoms with Gasteiger partial charge in [-0.05, 0) is 39.0 Å². The van der Waals surface area contributed by atoms with Gasteiger partial charge in [0.05, 0.1) is 11.7 Å². The average Bonchev–Trinajstić information content (AvgIpc) is 2.74. The molecule has 3 N–H and O–H groups in total. The molecule has 19 heavy (non-hydrogen) atoms. The summed E-state index contributed by atoms with van der Waals surface area (Å²) in [5.41, 5.74) is 1.80. The molecule has 0 atom stereocenters. The van der Waals surface area contributed by atoms with Crippen molar-refractivity contribution in [2.75, 3.05) is 11.9 Å². The summed E-state index contributed by atoms with van der Waals surface area (Å²) in [6, 6.07) is 5.69. The highest BCUT2D eigenvalue weighted by atomic mass is 16.1. The lowest BCUT2D eigenvalue weighted by atomic mass is 10.1. The minimum absolute atomic E-state index is 0.0135. The molecule has 2 rings (SSSR count). The van der Waals surface area contributed by atoms with Crippen molar-refractivity contribution in [1.29, 1.82) is 0 Å². The molecule has 0 saturated carbocycles. The Morgan fingerprint density at radius 1 is 1.37 bits per heavy atom. The predicted octanol–water partition coefficient (Wildman–Crippen LogP) is 2.28. The van der Waals surface area contributed by atoms with E-state index in [1.165, 1.54) is 0 Å². The summed E-state index contributed by atoms with van der Waals surface area (Å²) in [6.45, 7) is 6.91. The van der Waals surface area contributed by atoms with Gasteiger partial charge >= 0.3 is 0 Å². The lowest BCUT2D eigenvalue weighted by Gasteiger charge is -2.20. The minimum atomic E-state index is 0.0135. The minimum Gasteiger partial charge on any atom is -0.326 e. The molecule has 0 aliphatic carbocycles. The zero-order valence-corrected chi connectivity index (χ0v) is 11.6. The van der Waals surface area contributed by atoms with E-state index in [9.17, 15) is 4.79 Å². The zero-order chi connectivity index (χ0) is 13.9. The highest BCUT2D eigenvalue weighted by Crippen LogP contribution is 2.16. The molecule has 2 aromatic rings. The summed E-state index contributed by atoms with van der Waals surface area (Å²) in [5, 5.41) is 14.0. The van der Waals surface area contributed by atoms with Crippen molar-refractivity contribution in [3.05, 3.63) is 24.4 Å². The van der Waals surface area contributed by atoms with Gasteiger partial charge < -0.3 is 10.6 Å². The number of amides is 1. The van der Waals surface area contributed by atoms with E-state index in [0.29, 0.717) is 13.0 Å².